The van der Waals surface area contributed by atoms with Gasteiger partial charge in [-0.15, -0.1) is 0 Å². The monoisotopic (exact) mass is 259 g/mol. The molecule has 0 atom stereocenters. The Morgan fingerprint density at radius 1 is 1.32 bits per heavy atom. The number of carbonyl (C=O) groups excluding carboxylic acids is 1. The topological polar surface area (TPSA) is 54.3 Å². The number of carbonyl (C=O) groups is 1. The van der Waals surface area contributed by atoms with E-state index < -0.39 is 0 Å². The number of pyridine rings is 1. The average molecular weight is 259 g/mol. The van der Waals surface area contributed by atoms with Gasteiger partial charge in [-0.2, -0.15) is 0 Å². The first-order valence-electron chi connectivity index (χ1n) is 6.11. The zero-order chi connectivity index (χ0) is 13.8. The Labute approximate surface area is 111 Å². The lowest BCUT2D eigenvalue weighted by Crippen LogP contribution is -2.23. The highest BCUT2D eigenvalue weighted by molar-refractivity contribution is 5.87. The second-order valence-electron chi connectivity index (χ2n) is 4.62. The van der Waals surface area contributed by atoms with E-state index in [2.05, 4.69) is 5.32 Å². The number of benzene rings is 1. The first-order chi connectivity index (χ1) is 9.13. The van der Waals surface area contributed by atoms with Crippen LogP contribution < -0.4 is 10.7 Å². The Hall–Kier alpha value is -2.14. The molecule has 2 aromatic rings. The number of likely N-dealkylation sites (N-methyl/N-ethyl adjacent to an activating group) is 1. The van der Waals surface area contributed by atoms with Gasteiger partial charge in [0.15, 0.2) is 5.43 Å². The molecule has 0 unspecified atom stereocenters. The summed E-state index contributed by atoms with van der Waals surface area (Å²) in [5.41, 5.74) is 0.540. The van der Waals surface area contributed by atoms with Crippen LogP contribution in [0.3, 0.4) is 0 Å². The van der Waals surface area contributed by atoms with Crippen LogP contribution in [-0.4, -0.2) is 43.1 Å². The van der Waals surface area contributed by atoms with Crippen molar-refractivity contribution in [1.29, 1.82) is 0 Å². The number of rotatable bonds is 5. The molecule has 5 heteroatoms. The van der Waals surface area contributed by atoms with Gasteiger partial charge in [0.05, 0.1) is 5.52 Å². The van der Waals surface area contributed by atoms with Crippen molar-refractivity contribution in [3.8, 4) is 0 Å². The van der Waals surface area contributed by atoms with Crippen LogP contribution in [-0.2, 0) is 4.79 Å². The van der Waals surface area contributed by atoms with Crippen LogP contribution in [0.4, 0.5) is 5.82 Å². The van der Waals surface area contributed by atoms with E-state index in [1.54, 1.807) is 18.2 Å². The highest BCUT2D eigenvalue weighted by atomic mass is 16.1. The maximum atomic E-state index is 12.0. The fourth-order valence-corrected chi connectivity index (χ4v) is 1.95. The fourth-order valence-electron chi connectivity index (χ4n) is 1.95. The van der Waals surface area contributed by atoms with Crippen molar-refractivity contribution in [3.63, 3.8) is 0 Å². The molecule has 0 fully saturated rings. The standard InChI is InChI=1S/C14H17N3O2/c1-16(2)8-7-15-14-9-13(19)11-5-3-4-6-12(11)17(14)10-18/h3-6,9-10,15H,7-8H2,1-2H3. The van der Waals surface area contributed by atoms with Gasteiger partial charge in [0, 0.05) is 24.5 Å². The molecule has 0 saturated heterocycles. The predicted molar refractivity (Wildman–Crippen MR) is 77.4 cm³/mol. The van der Waals surface area contributed by atoms with E-state index >= 15 is 0 Å². The van der Waals surface area contributed by atoms with Crippen molar-refractivity contribution >= 4 is 23.1 Å². The minimum absolute atomic E-state index is 0.0824. The van der Waals surface area contributed by atoms with Gasteiger partial charge in [0.25, 0.3) is 0 Å². The van der Waals surface area contributed by atoms with Gasteiger partial charge in [-0.25, -0.2) is 0 Å². The van der Waals surface area contributed by atoms with Crippen LogP contribution in [0.1, 0.15) is 0 Å². The molecule has 0 aliphatic rings. The van der Waals surface area contributed by atoms with Crippen molar-refractivity contribution in [3.05, 3.63) is 40.6 Å². The molecule has 0 amide bonds. The van der Waals surface area contributed by atoms with Crippen LogP contribution in [0.25, 0.3) is 10.9 Å². The van der Waals surface area contributed by atoms with Crippen molar-refractivity contribution in [1.82, 2.24) is 9.47 Å². The van der Waals surface area contributed by atoms with Crippen LogP contribution in [0.15, 0.2) is 35.1 Å². The average Bonchev–Trinajstić information content (AvgIpc) is 2.39. The first kappa shape index (κ1) is 13.3. The van der Waals surface area contributed by atoms with E-state index in [4.69, 9.17) is 0 Å². The Morgan fingerprint density at radius 3 is 2.74 bits per heavy atom. The molecule has 0 spiro atoms. The van der Waals surface area contributed by atoms with E-state index in [0.29, 0.717) is 23.3 Å². The number of aromatic nitrogens is 1. The zero-order valence-corrected chi connectivity index (χ0v) is 11.1. The van der Waals surface area contributed by atoms with Gasteiger partial charge >= 0.3 is 0 Å². The second kappa shape index (κ2) is 5.67. The van der Waals surface area contributed by atoms with E-state index in [0.717, 1.165) is 13.0 Å². The quantitative estimate of drug-likeness (QED) is 0.814. The fraction of sp³-hybridized carbons (Fsp3) is 0.286. The summed E-state index contributed by atoms with van der Waals surface area (Å²) in [4.78, 5) is 25.3. The Kier molecular flexibility index (Phi) is 3.97. The summed E-state index contributed by atoms with van der Waals surface area (Å²) in [6, 6.07) is 8.55. The smallest absolute Gasteiger partial charge is 0.219 e. The van der Waals surface area contributed by atoms with Gasteiger partial charge < -0.3 is 10.2 Å². The van der Waals surface area contributed by atoms with Crippen LogP contribution in [0, 0.1) is 0 Å². The van der Waals surface area contributed by atoms with Crippen molar-refractivity contribution in [2.24, 2.45) is 0 Å². The number of hydrogen-bond acceptors (Lipinski definition) is 4. The molecule has 1 heterocycles. The van der Waals surface area contributed by atoms with E-state index in [-0.39, 0.29) is 5.43 Å². The molecule has 0 bridgehead atoms. The lowest BCUT2D eigenvalue weighted by Gasteiger charge is -2.15. The molecule has 1 N–H and O–H groups in total. The maximum Gasteiger partial charge on any atom is 0.219 e. The molecule has 100 valence electrons. The molecule has 5 nitrogen and oxygen atoms in total. The largest absolute Gasteiger partial charge is 0.370 e. The number of hydrogen-bond donors (Lipinski definition) is 1. The molecule has 2 rings (SSSR count). The molecular weight excluding hydrogens is 242 g/mol. The molecule has 19 heavy (non-hydrogen) atoms. The third-order valence-electron chi connectivity index (χ3n) is 2.93. The van der Waals surface area contributed by atoms with Gasteiger partial charge in [-0.1, -0.05) is 12.1 Å². The Balaban J connectivity index is 2.43. The normalized spacial score (nSPS) is 10.9. The summed E-state index contributed by atoms with van der Waals surface area (Å²) in [7, 11) is 3.93. The van der Waals surface area contributed by atoms with Gasteiger partial charge in [-0.05, 0) is 26.2 Å². The minimum Gasteiger partial charge on any atom is -0.370 e. The number of anilines is 1. The second-order valence-corrected chi connectivity index (χ2v) is 4.62. The summed E-state index contributed by atoms with van der Waals surface area (Å²) in [6.07, 6.45) is 0.722. The van der Waals surface area contributed by atoms with Gasteiger partial charge in [0.2, 0.25) is 6.41 Å². The molecule has 0 saturated carbocycles. The Morgan fingerprint density at radius 2 is 2.05 bits per heavy atom. The van der Waals surface area contributed by atoms with E-state index in [1.165, 1.54) is 10.6 Å². The molecule has 0 radical (unpaired) electrons. The van der Waals surface area contributed by atoms with E-state index in [9.17, 15) is 9.59 Å². The summed E-state index contributed by atoms with van der Waals surface area (Å²) in [6.45, 7) is 1.48. The SMILES string of the molecule is CN(C)CCNc1cc(=O)c2ccccc2n1C=O. The predicted octanol–water partition coefficient (Wildman–Crippen LogP) is 1.01. The lowest BCUT2D eigenvalue weighted by molar-refractivity contribution is 0.425. The van der Waals surface area contributed by atoms with Crippen LogP contribution >= 0.6 is 0 Å². The molecule has 0 aliphatic heterocycles. The van der Waals surface area contributed by atoms with Gasteiger partial charge in [0.1, 0.15) is 5.82 Å². The third-order valence-corrected chi connectivity index (χ3v) is 2.93. The number of nitrogens with zero attached hydrogens (tertiary/aromatic N) is 2. The minimum atomic E-state index is -0.0824. The molecular formula is C14H17N3O2. The number of fused-ring (bicyclic) bond motifs is 1. The maximum absolute atomic E-state index is 12.0. The van der Waals surface area contributed by atoms with Gasteiger partial charge in [-0.3, -0.25) is 14.2 Å². The first-order valence-corrected chi connectivity index (χ1v) is 6.11. The zero-order valence-electron chi connectivity index (χ0n) is 11.1. The number of nitrogens with one attached hydrogen (secondary N) is 1. The number of para-hydroxylation sites is 1. The summed E-state index contributed by atoms with van der Waals surface area (Å²) >= 11 is 0. The van der Waals surface area contributed by atoms with Crippen molar-refractivity contribution < 1.29 is 4.79 Å². The molecule has 1 aromatic carbocycles. The third kappa shape index (κ3) is 2.82. The molecule has 0 aliphatic carbocycles. The molecule has 1 aromatic heterocycles. The highest BCUT2D eigenvalue weighted by Crippen LogP contribution is 2.14. The highest BCUT2D eigenvalue weighted by Gasteiger charge is 2.07. The van der Waals surface area contributed by atoms with Crippen molar-refractivity contribution in [2.75, 3.05) is 32.5 Å². The van der Waals surface area contributed by atoms with E-state index in [1.807, 2.05) is 25.1 Å². The lowest BCUT2D eigenvalue weighted by atomic mass is 10.2. The summed E-state index contributed by atoms with van der Waals surface area (Å²) in [5.74, 6) is 0.528. The summed E-state index contributed by atoms with van der Waals surface area (Å²) < 4.78 is 1.46. The van der Waals surface area contributed by atoms with Crippen LogP contribution in [0.5, 0.6) is 0 Å². The van der Waals surface area contributed by atoms with Crippen molar-refractivity contribution in [2.45, 2.75) is 0 Å². The Bertz CT molecular complexity index is 647. The summed E-state index contributed by atoms with van der Waals surface area (Å²) in [5, 5.41) is 3.67. The van der Waals surface area contributed by atoms with Crippen LogP contribution in [0.2, 0.25) is 0 Å².